The number of amides is 5. The molecule has 3 aromatic rings. The van der Waals surface area contributed by atoms with Gasteiger partial charge in [0.1, 0.15) is 23.5 Å². The van der Waals surface area contributed by atoms with Gasteiger partial charge in [-0.25, -0.2) is 18.4 Å². The summed E-state index contributed by atoms with van der Waals surface area (Å²) in [4.78, 5) is 41.9. The highest BCUT2D eigenvalue weighted by molar-refractivity contribution is 6.00. The number of halogens is 2. The number of carbonyl (C=O) groups is 3. The van der Waals surface area contributed by atoms with Crippen LogP contribution in [0.2, 0.25) is 0 Å². The molecule has 0 radical (unpaired) electrons. The van der Waals surface area contributed by atoms with Gasteiger partial charge in [-0.15, -0.1) is 0 Å². The first kappa shape index (κ1) is 31.2. The van der Waals surface area contributed by atoms with Gasteiger partial charge in [0.05, 0.1) is 25.6 Å². The molecular formula is C31H35F2N5O5. The Kier molecular flexibility index (Phi) is 10.1. The predicted molar refractivity (Wildman–Crippen MR) is 159 cm³/mol. The summed E-state index contributed by atoms with van der Waals surface area (Å²) in [6, 6.07) is 14.2. The van der Waals surface area contributed by atoms with Crippen LogP contribution in [0, 0.1) is 17.6 Å². The number of ether oxygens (including phenoxy) is 1. The van der Waals surface area contributed by atoms with E-state index >= 15 is 0 Å². The van der Waals surface area contributed by atoms with Gasteiger partial charge in [-0.05, 0) is 73.7 Å². The van der Waals surface area contributed by atoms with Gasteiger partial charge in [0, 0.05) is 42.1 Å². The first-order chi connectivity index (χ1) is 20.5. The molecule has 1 aliphatic heterocycles. The number of hydrogen-bond donors (Lipinski definition) is 4. The lowest BCUT2D eigenvalue weighted by Gasteiger charge is -2.34. The molecule has 4 rings (SSSR count). The average Bonchev–Trinajstić information content (AvgIpc) is 3.02. The molecule has 0 unspecified atom stereocenters. The molecule has 3 aromatic carbocycles. The van der Waals surface area contributed by atoms with E-state index in [1.165, 1.54) is 53.4 Å². The molecular weight excluding hydrogens is 560 g/mol. The topological polar surface area (TPSA) is 123 Å². The molecule has 0 spiro atoms. The zero-order chi connectivity index (χ0) is 31.1. The van der Waals surface area contributed by atoms with E-state index in [0.29, 0.717) is 28.4 Å². The highest BCUT2D eigenvalue weighted by Gasteiger charge is 2.32. The largest absolute Gasteiger partial charge is 0.488 e. The standard InChI is InChI=1S/C31H35F2N5O5/c1-19-16-38(20(2)18-39)29(40)15-21-14-26(35-30(41)34-24-8-4-22(32)5-9-24)12-13-27(21)43-28(19)17-37(3)31(42)36-25-10-6-23(33)7-11-25/h4-14,19-20,28,39H,15-18H2,1-3H3,(H,36,42)(H2,34,35,41)/t19-,20-,28+/m1/s1. The minimum absolute atomic E-state index is 0.0465. The predicted octanol–water partition coefficient (Wildman–Crippen LogP) is 4.92. The van der Waals surface area contributed by atoms with Crippen LogP contribution >= 0.6 is 0 Å². The second-order valence-electron chi connectivity index (χ2n) is 10.6. The van der Waals surface area contributed by atoms with Gasteiger partial charge in [0.15, 0.2) is 0 Å². The van der Waals surface area contributed by atoms with E-state index in [1.807, 2.05) is 6.92 Å². The van der Waals surface area contributed by atoms with Crippen molar-refractivity contribution in [1.82, 2.24) is 9.80 Å². The van der Waals surface area contributed by atoms with Crippen molar-refractivity contribution >= 4 is 35.0 Å². The molecule has 1 aliphatic rings. The monoisotopic (exact) mass is 595 g/mol. The Morgan fingerprint density at radius 1 is 0.977 bits per heavy atom. The Morgan fingerprint density at radius 3 is 2.14 bits per heavy atom. The fourth-order valence-corrected chi connectivity index (χ4v) is 4.66. The van der Waals surface area contributed by atoms with E-state index < -0.39 is 35.8 Å². The number of fused-ring (bicyclic) bond motifs is 1. The minimum Gasteiger partial charge on any atom is -0.488 e. The maximum absolute atomic E-state index is 13.4. The number of urea groups is 2. The Balaban J connectivity index is 1.55. The number of hydrogen-bond acceptors (Lipinski definition) is 5. The smallest absolute Gasteiger partial charge is 0.323 e. The zero-order valence-corrected chi connectivity index (χ0v) is 24.1. The Labute approximate surface area is 248 Å². The van der Waals surface area contributed by atoms with Crippen LogP contribution in [-0.2, 0) is 11.2 Å². The summed E-state index contributed by atoms with van der Waals surface area (Å²) >= 11 is 0. The summed E-state index contributed by atoms with van der Waals surface area (Å²) in [5.41, 5.74) is 1.75. The van der Waals surface area contributed by atoms with Gasteiger partial charge < -0.3 is 35.6 Å². The number of aliphatic hydroxyl groups excluding tert-OH is 1. The van der Waals surface area contributed by atoms with E-state index in [1.54, 1.807) is 37.1 Å². The van der Waals surface area contributed by atoms with Crippen molar-refractivity contribution in [3.8, 4) is 5.75 Å². The van der Waals surface area contributed by atoms with Crippen molar-refractivity contribution in [2.75, 3.05) is 42.7 Å². The van der Waals surface area contributed by atoms with Gasteiger partial charge in [-0.3, -0.25) is 4.79 Å². The van der Waals surface area contributed by atoms with Crippen LogP contribution < -0.4 is 20.7 Å². The molecule has 0 fully saturated rings. The van der Waals surface area contributed by atoms with Crippen molar-refractivity contribution in [3.63, 3.8) is 0 Å². The van der Waals surface area contributed by atoms with Gasteiger partial charge in [0.2, 0.25) is 5.91 Å². The molecule has 3 atom stereocenters. The van der Waals surface area contributed by atoms with Crippen molar-refractivity contribution in [1.29, 1.82) is 0 Å². The molecule has 0 aliphatic carbocycles. The number of nitrogens with zero attached hydrogens (tertiary/aromatic N) is 2. The lowest BCUT2D eigenvalue weighted by molar-refractivity contribution is -0.134. The lowest BCUT2D eigenvalue weighted by atomic mass is 10.0. The second kappa shape index (κ2) is 14.0. The second-order valence-corrected chi connectivity index (χ2v) is 10.6. The Hall–Kier alpha value is -4.71. The minimum atomic E-state index is -0.558. The number of rotatable bonds is 7. The summed E-state index contributed by atoms with van der Waals surface area (Å²) in [5, 5.41) is 17.9. The maximum Gasteiger partial charge on any atom is 0.323 e. The van der Waals surface area contributed by atoms with Crippen LogP contribution in [0.3, 0.4) is 0 Å². The molecule has 4 N–H and O–H groups in total. The quantitative estimate of drug-likeness (QED) is 0.309. The van der Waals surface area contributed by atoms with Crippen molar-refractivity contribution in [3.05, 3.63) is 83.9 Å². The van der Waals surface area contributed by atoms with Gasteiger partial charge >= 0.3 is 12.1 Å². The maximum atomic E-state index is 13.4. The number of likely N-dealkylation sites (N-methyl/N-ethyl adjacent to an activating group) is 1. The molecule has 1 heterocycles. The molecule has 10 nitrogen and oxygen atoms in total. The molecule has 228 valence electrons. The van der Waals surface area contributed by atoms with Crippen LogP contribution in [0.25, 0.3) is 0 Å². The SMILES string of the molecule is C[C@@H]1CN([C@H](C)CO)C(=O)Cc2cc(NC(=O)Nc3ccc(F)cc3)ccc2O[C@H]1CN(C)C(=O)Nc1ccc(F)cc1. The molecule has 43 heavy (non-hydrogen) atoms. The summed E-state index contributed by atoms with van der Waals surface area (Å²) in [6.07, 6.45) is -0.600. The fourth-order valence-electron chi connectivity index (χ4n) is 4.66. The first-order valence-electron chi connectivity index (χ1n) is 13.8. The first-order valence-corrected chi connectivity index (χ1v) is 13.8. The third kappa shape index (κ3) is 8.41. The Morgan fingerprint density at radius 2 is 1.53 bits per heavy atom. The highest BCUT2D eigenvalue weighted by Crippen LogP contribution is 2.29. The molecule has 0 aromatic heterocycles. The zero-order valence-electron chi connectivity index (χ0n) is 24.1. The van der Waals surface area contributed by atoms with Crippen LogP contribution in [0.1, 0.15) is 19.4 Å². The van der Waals surface area contributed by atoms with Crippen molar-refractivity contribution < 1.29 is 33.0 Å². The number of carbonyl (C=O) groups excluding carboxylic acids is 3. The highest BCUT2D eigenvalue weighted by atomic mass is 19.1. The van der Waals surface area contributed by atoms with Crippen LogP contribution in [-0.4, -0.2) is 71.8 Å². The van der Waals surface area contributed by atoms with Crippen LogP contribution in [0.4, 0.5) is 35.4 Å². The van der Waals surface area contributed by atoms with Crippen LogP contribution in [0.15, 0.2) is 66.7 Å². The summed E-state index contributed by atoms with van der Waals surface area (Å²) in [5.74, 6) is -0.898. The summed E-state index contributed by atoms with van der Waals surface area (Å²) < 4.78 is 32.9. The molecule has 0 saturated heterocycles. The van der Waals surface area contributed by atoms with Gasteiger partial charge in [0.25, 0.3) is 0 Å². The summed E-state index contributed by atoms with van der Waals surface area (Å²) in [7, 11) is 1.61. The molecule has 5 amide bonds. The number of nitrogens with one attached hydrogen (secondary N) is 3. The molecule has 0 saturated carbocycles. The third-order valence-electron chi connectivity index (χ3n) is 7.17. The van der Waals surface area contributed by atoms with Crippen LogP contribution in [0.5, 0.6) is 5.75 Å². The van der Waals surface area contributed by atoms with E-state index in [9.17, 15) is 28.3 Å². The molecule has 12 heteroatoms. The number of anilines is 3. The van der Waals surface area contributed by atoms with E-state index in [0.717, 1.165) is 0 Å². The third-order valence-corrected chi connectivity index (χ3v) is 7.17. The van der Waals surface area contributed by atoms with E-state index in [4.69, 9.17) is 4.74 Å². The van der Waals surface area contributed by atoms with Gasteiger partial charge in [-0.2, -0.15) is 0 Å². The molecule has 0 bridgehead atoms. The lowest BCUT2D eigenvalue weighted by Crippen LogP contribution is -2.48. The average molecular weight is 596 g/mol. The number of benzene rings is 3. The van der Waals surface area contributed by atoms with Crippen molar-refractivity contribution in [2.45, 2.75) is 32.4 Å². The number of aliphatic hydroxyl groups is 1. The van der Waals surface area contributed by atoms with Gasteiger partial charge in [-0.1, -0.05) is 6.92 Å². The van der Waals surface area contributed by atoms with E-state index in [2.05, 4.69) is 16.0 Å². The van der Waals surface area contributed by atoms with E-state index in [-0.39, 0.29) is 37.9 Å². The Bertz CT molecular complexity index is 1440. The fraction of sp³-hybridized carbons (Fsp3) is 0.323. The summed E-state index contributed by atoms with van der Waals surface area (Å²) in [6.45, 7) is 3.85. The normalized spacial score (nSPS) is 17.3. The van der Waals surface area contributed by atoms with Crippen molar-refractivity contribution in [2.24, 2.45) is 5.92 Å².